The summed E-state index contributed by atoms with van der Waals surface area (Å²) in [5, 5.41) is 1.35. The van der Waals surface area contributed by atoms with E-state index in [4.69, 9.17) is 0 Å². The van der Waals surface area contributed by atoms with Crippen molar-refractivity contribution in [1.82, 2.24) is 4.57 Å². The molecule has 0 spiro atoms. The molecule has 3 aromatic rings. The predicted octanol–water partition coefficient (Wildman–Crippen LogP) is 4.50. The van der Waals surface area contributed by atoms with E-state index >= 15 is 0 Å². The van der Waals surface area contributed by atoms with Crippen LogP contribution in [-0.2, 0) is 13.5 Å². The zero-order valence-electron chi connectivity index (χ0n) is 13.5. The summed E-state index contributed by atoms with van der Waals surface area (Å²) in [5.41, 5.74) is 5.14. The lowest BCUT2D eigenvalue weighted by Gasteiger charge is -2.11. The van der Waals surface area contributed by atoms with Crippen molar-refractivity contribution in [3.05, 3.63) is 71.9 Å². The molecule has 2 heteroatoms. The van der Waals surface area contributed by atoms with Crippen LogP contribution in [0.15, 0.2) is 60.8 Å². The van der Waals surface area contributed by atoms with E-state index in [2.05, 4.69) is 97.5 Å². The average Bonchev–Trinajstić information content (AvgIpc) is 2.90. The molecule has 22 heavy (non-hydrogen) atoms. The molecule has 0 aliphatic heterocycles. The second-order valence-electron chi connectivity index (χ2n) is 5.87. The molecule has 0 aliphatic carbocycles. The van der Waals surface area contributed by atoms with Crippen molar-refractivity contribution in [1.29, 1.82) is 0 Å². The van der Waals surface area contributed by atoms with E-state index < -0.39 is 0 Å². The molecule has 2 nitrogen and oxygen atoms in total. The van der Waals surface area contributed by atoms with E-state index in [1.165, 1.54) is 27.7 Å². The van der Waals surface area contributed by atoms with Crippen molar-refractivity contribution >= 4 is 22.7 Å². The first kappa shape index (κ1) is 14.5. The topological polar surface area (TPSA) is 8.17 Å². The van der Waals surface area contributed by atoms with E-state index in [9.17, 15) is 0 Å². The fourth-order valence-corrected chi connectivity index (χ4v) is 2.75. The Bertz CT molecular complexity index is 792. The number of allylic oxidation sites excluding steroid dienone is 1. The molecule has 0 aliphatic rings. The minimum absolute atomic E-state index is 0.955. The van der Waals surface area contributed by atoms with Gasteiger partial charge < -0.3 is 9.47 Å². The van der Waals surface area contributed by atoms with Gasteiger partial charge in [0.2, 0.25) is 0 Å². The van der Waals surface area contributed by atoms with E-state index in [1.807, 2.05) is 0 Å². The fourth-order valence-electron chi connectivity index (χ4n) is 2.75. The summed E-state index contributed by atoms with van der Waals surface area (Å²) in [6, 6.07) is 17.3. The number of anilines is 1. The minimum Gasteiger partial charge on any atom is -0.378 e. The monoisotopic (exact) mass is 290 g/mol. The van der Waals surface area contributed by atoms with Gasteiger partial charge in [-0.2, -0.15) is 0 Å². The lowest BCUT2D eigenvalue weighted by atomic mass is 10.1. The SMILES string of the molecule is CN(C)c1ccc(/C=C/Cc2cccc3c2ccn3C)cc1. The molecule has 2 aromatic carbocycles. The number of hydrogen-bond acceptors (Lipinski definition) is 1. The molecule has 0 atom stereocenters. The van der Waals surface area contributed by atoms with Crippen molar-refractivity contribution in [3.8, 4) is 0 Å². The van der Waals surface area contributed by atoms with E-state index in [-0.39, 0.29) is 0 Å². The molecule has 0 fully saturated rings. The molecule has 112 valence electrons. The first-order valence-corrected chi connectivity index (χ1v) is 7.62. The highest BCUT2D eigenvalue weighted by atomic mass is 15.1. The van der Waals surface area contributed by atoms with Crippen LogP contribution in [0.2, 0.25) is 0 Å². The molecule has 0 amide bonds. The molecule has 1 aromatic heterocycles. The van der Waals surface area contributed by atoms with Gasteiger partial charge in [-0.1, -0.05) is 36.4 Å². The van der Waals surface area contributed by atoms with Gasteiger partial charge in [-0.25, -0.2) is 0 Å². The van der Waals surface area contributed by atoms with Gasteiger partial charge in [0.15, 0.2) is 0 Å². The molecule has 0 bridgehead atoms. The summed E-state index contributed by atoms with van der Waals surface area (Å²) in [6.45, 7) is 0. The smallest absolute Gasteiger partial charge is 0.0480 e. The Balaban J connectivity index is 1.76. The fraction of sp³-hybridized carbons (Fsp3) is 0.200. The number of aryl methyl sites for hydroxylation is 1. The highest BCUT2D eigenvalue weighted by Gasteiger charge is 2.01. The molecule has 0 radical (unpaired) electrons. The molecule has 0 unspecified atom stereocenters. The number of fused-ring (bicyclic) bond motifs is 1. The molecular formula is C20H22N2. The number of aromatic nitrogens is 1. The van der Waals surface area contributed by atoms with Gasteiger partial charge in [0.05, 0.1) is 0 Å². The zero-order chi connectivity index (χ0) is 15.5. The maximum absolute atomic E-state index is 2.24. The third-order valence-electron chi connectivity index (χ3n) is 4.08. The Hall–Kier alpha value is -2.48. The second-order valence-corrected chi connectivity index (χ2v) is 5.87. The Labute approximate surface area is 132 Å². The number of benzene rings is 2. The maximum Gasteiger partial charge on any atom is 0.0480 e. The second kappa shape index (κ2) is 6.10. The van der Waals surface area contributed by atoms with E-state index in [0.717, 1.165) is 6.42 Å². The van der Waals surface area contributed by atoms with Crippen LogP contribution in [0.3, 0.4) is 0 Å². The largest absolute Gasteiger partial charge is 0.378 e. The van der Waals surface area contributed by atoms with Crippen LogP contribution in [0, 0.1) is 0 Å². The van der Waals surface area contributed by atoms with Crippen LogP contribution in [-0.4, -0.2) is 18.7 Å². The van der Waals surface area contributed by atoms with Crippen molar-refractivity contribution < 1.29 is 0 Å². The molecule has 0 N–H and O–H groups in total. The summed E-state index contributed by atoms with van der Waals surface area (Å²) in [5.74, 6) is 0. The van der Waals surface area contributed by atoms with Crippen LogP contribution in [0.1, 0.15) is 11.1 Å². The third kappa shape index (κ3) is 2.91. The molecule has 3 rings (SSSR count). The van der Waals surface area contributed by atoms with Crippen molar-refractivity contribution in [2.45, 2.75) is 6.42 Å². The number of hydrogen-bond donors (Lipinski definition) is 0. The van der Waals surface area contributed by atoms with E-state index in [0.29, 0.717) is 0 Å². The molecule has 1 heterocycles. The first-order valence-electron chi connectivity index (χ1n) is 7.62. The van der Waals surface area contributed by atoms with Gasteiger partial charge >= 0.3 is 0 Å². The summed E-state index contributed by atoms with van der Waals surface area (Å²) in [4.78, 5) is 2.11. The van der Waals surface area contributed by atoms with Crippen LogP contribution >= 0.6 is 0 Å². The quantitative estimate of drug-likeness (QED) is 0.687. The normalized spacial score (nSPS) is 11.4. The third-order valence-corrected chi connectivity index (χ3v) is 4.08. The Kier molecular flexibility index (Phi) is 4.01. The van der Waals surface area contributed by atoms with Crippen LogP contribution in [0.4, 0.5) is 5.69 Å². The number of nitrogens with zero attached hydrogens (tertiary/aromatic N) is 2. The van der Waals surface area contributed by atoms with Gasteiger partial charge in [0, 0.05) is 43.9 Å². The lowest BCUT2D eigenvalue weighted by Crippen LogP contribution is -2.07. The van der Waals surface area contributed by atoms with Crippen LogP contribution in [0.25, 0.3) is 17.0 Å². The maximum atomic E-state index is 2.24. The highest BCUT2D eigenvalue weighted by Crippen LogP contribution is 2.20. The standard InChI is InChI=1S/C20H22N2/c1-21(2)18-12-10-16(11-13-18)6-4-7-17-8-5-9-20-19(17)14-15-22(20)3/h4-6,8-15H,7H2,1-3H3/b6-4+. The van der Waals surface area contributed by atoms with Gasteiger partial charge in [-0.15, -0.1) is 0 Å². The lowest BCUT2D eigenvalue weighted by molar-refractivity contribution is 0.969. The summed E-state index contributed by atoms with van der Waals surface area (Å²) in [6.07, 6.45) is 7.52. The van der Waals surface area contributed by atoms with Crippen molar-refractivity contribution in [2.24, 2.45) is 7.05 Å². The minimum atomic E-state index is 0.955. The Morgan fingerprint density at radius 3 is 2.50 bits per heavy atom. The van der Waals surface area contributed by atoms with Gasteiger partial charge in [0.1, 0.15) is 0 Å². The van der Waals surface area contributed by atoms with E-state index in [1.54, 1.807) is 0 Å². The summed E-state index contributed by atoms with van der Waals surface area (Å²) in [7, 11) is 6.21. The van der Waals surface area contributed by atoms with Crippen LogP contribution in [0.5, 0.6) is 0 Å². The Morgan fingerprint density at radius 2 is 1.77 bits per heavy atom. The number of rotatable bonds is 4. The highest BCUT2D eigenvalue weighted by molar-refractivity contribution is 5.83. The summed E-state index contributed by atoms with van der Waals surface area (Å²) >= 11 is 0. The van der Waals surface area contributed by atoms with Gasteiger partial charge in [-0.3, -0.25) is 0 Å². The van der Waals surface area contributed by atoms with Crippen molar-refractivity contribution in [2.75, 3.05) is 19.0 Å². The molecule has 0 saturated heterocycles. The van der Waals surface area contributed by atoms with Gasteiger partial charge in [0.25, 0.3) is 0 Å². The predicted molar refractivity (Wildman–Crippen MR) is 96.4 cm³/mol. The van der Waals surface area contributed by atoms with Gasteiger partial charge in [-0.05, 0) is 41.8 Å². The first-order chi connectivity index (χ1) is 10.6. The van der Waals surface area contributed by atoms with Crippen LogP contribution < -0.4 is 4.90 Å². The zero-order valence-corrected chi connectivity index (χ0v) is 13.5. The summed E-state index contributed by atoms with van der Waals surface area (Å²) < 4.78 is 2.17. The van der Waals surface area contributed by atoms with Crippen molar-refractivity contribution in [3.63, 3.8) is 0 Å². The molecule has 0 saturated carbocycles. The average molecular weight is 290 g/mol. The molecular weight excluding hydrogens is 268 g/mol. The Morgan fingerprint density at radius 1 is 1.00 bits per heavy atom.